The molecule has 2 unspecified atom stereocenters. The van der Waals surface area contributed by atoms with Gasteiger partial charge in [0.1, 0.15) is 6.10 Å². The lowest BCUT2D eigenvalue weighted by molar-refractivity contribution is 0.0173. The number of aliphatic hydroxyl groups is 2. The normalized spacial score (nSPS) is 14.4. The van der Waals surface area contributed by atoms with Crippen molar-refractivity contribution in [1.82, 2.24) is 0 Å². The van der Waals surface area contributed by atoms with Crippen LogP contribution in [0.2, 0.25) is 0 Å². The second kappa shape index (κ2) is 5.98. The number of aliphatic hydroxyl groups excluding tert-OH is 2. The molecule has 1 amide bonds. The summed E-state index contributed by atoms with van der Waals surface area (Å²) < 4.78 is 0. The van der Waals surface area contributed by atoms with E-state index in [-0.39, 0.29) is 0 Å². The minimum Gasteiger partial charge on any atom is -0.390 e. The lowest BCUT2D eigenvalue weighted by Gasteiger charge is -2.17. The quantitative estimate of drug-likeness (QED) is 0.706. The zero-order valence-corrected chi connectivity index (χ0v) is 10.2. The van der Waals surface area contributed by atoms with Crippen LogP contribution in [0.25, 0.3) is 0 Å². The summed E-state index contributed by atoms with van der Waals surface area (Å²) in [5, 5.41) is 20.0. The Morgan fingerprint density at radius 2 is 1.88 bits per heavy atom. The predicted octanol–water partition coefficient (Wildman–Crippen LogP) is 0.965. The summed E-state index contributed by atoms with van der Waals surface area (Å²) in [5.74, 6) is -0.512. The van der Waals surface area contributed by atoms with E-state index in [4.69, 9.17) is 5.73 Å². The standard InChI is InChI=1S/C11H14BrNO3/c12-6-5-9(14)10(15)7-1-3-8(4-2-7)11(13)16/h1-4,9-10,14-15H,5-6H2,(H2,13,16). The van der Waals surface area contributed by atoms with E-state index in [1.807, 2.05) is 0 Å². The summed E-state index contributed by atoms with van der Waals surface area (Å²) in [5.41, 5.74) is 6.04. The van der Waals surface area contributed by atoms with Crippen LogP contribution in [0.1, 0.15) is 28.4 Å². The molecular weight excluding hydrogens is 274 g/mol. The zero-order valence-electron chi connectivity index (χ0n) is 8.64. The molecule has 88 valence electrons. The third kappa shape index (κ3) is 3.30. The van der Waals surface area contributed by atoms with Gasteiger partial charge in [0.05, 0.1) is 6.10 Å². The summed E-state index contributed by atoms with van der Waals surface area (Å²) in [7, 11) is 0. The van der Waals surface area contributed by atoms with E-state index in [1.165, 1.54) is 12.1 Å². The highest BCUT2D eigenvalue weighted by Crippen LogP contribution is 2.19. The van der Waals surface area contributed by atoms with Gasteiger partial charge in [-0.25, -0.2) is 0 Å². The molecule has 0 heterocycles. The van der Waals surface area contributed by atoms with Crippen molar-refractivity contribution in [3.8, 4) is 0 Å². The number of primary amides is 1. The first-order valence-corrected chi connectivity index (χ1v) is 6.00. The molecule has 2 atom stereocenters. The van der Waals surface area contributed by atoms with Crippen molar-refractivity contribution in [2.24, 2.45) is 5.73 Å². The van der Waals surface area contributed by atoms with E-state index in [9.17, 15) is 15.0 Å². The molecule has 0 saturated carbocycles. The molecule has 1 aromatic carbocycles. The number of carbonyl (C=O) groups excluding carboxylic acids is 1. The van der Waals surface area contributed by atoms with Crippen molar-refractivity contribution < 1.29 is 15.0 Å². The Balaban J connectivity index is 2.77. The smallest absolute Gasteiger partial charge is 0.248 e. The molecular formula is C11H14BrNO3. The molecule has 4 nitrogen and oxygen atoms in total. The van der Waals surface area contributed by atoms with Gasteiger partial charge < -0.3 is 15.9 Å². The fourth-order valence-electron chi connectivity index (χ4n) is 1.34. The molecule has 0 saturated heterocycles. The van der Waals surface area contributed by atoms with E-state index in [2.05, 4.69) is 15.9 Å². The molecule has 0 aliphatic rings. The van der Waals surface area contributed by atoms with Crippen molar-refractivity contribution in [2.45, 2.75) is 18.6 Å². The van der Waals surface area contributed by atoms with Gasteiger partial charge in [0.25, 0.3) is 0 Å². The van der Waals surface area contributed by atoms with Crippen LogP contribution in [0.5, 0.6) is 0 Å². The molecule has 4 N–H and O–H groups in total. The van der Waals surface area contributed by atoms with Crippen molar-refractivity contribution in [2.75, 3.05) is 5.33 Å². The average molecular weight is 288 g/mol. The van der Waals surface area contributed by atoms with E-state index in [0.717, 1.165) is 0 Å². The summed E-state index contributed by atoms with van der Waals surface area (Å²) in [6.45, 7) is 0. The fourth-order valence-corrected chi connectivity index (χ4v) is 1.81. The van der Waals surface area contributed by atoms with Crippen LogP contribution >= 0.6 is 15.9 Å². The van der Waals surface area contributed by atoms with Crippen molar-refractivity contribution in [3.63, 3.8) is 0 Å². The summed E-state index contributed by atoms with van der Waals surface area (Å²) in [6, 6.07) is 6.23. The lowest BCUT2D eigenvalue weighted by atomic mass is 10.0. The molecule has 0 fully saturated rings. The maximum absolute atomic E-state index is 10.8. The molecule has 1 rings (SSSR count). The first-order valence-electron chi connectivity index (χ1n) is 4.88. The highest BCUT2D eigenvalue weighted by molar-refractivity contribution is 9.09. The van der Waals surface area contributed by atoms with Crippen molar-refractivity contribution in [1.29, 1.82) is 0 Å². The van der Waals surface area contributed by atoms with Crippen LogP contribution in [0.3, 0.4) is 0 Å². The van der Waals surface area contributed by atoms with Crippen LogP contribution in [0.4, 0.5) is 0 Å². The van der Waals surface area contributed by atoms with Crippen LogP contribution in [-0.4, -0.2) is 27.6 Å². The number of alkyl halides is 1. The number of benzene rings is 1. The van der Waals surface area contributed by atoms with Crippen LogP contribution in [-0.2, 0) is 0 Å². The highest BCUT2D eigenvalue weighted by atomic mass is 79.9. The first kappa shape index (κ1) is 13.2. The van der Waals surface area contributed by atoms with Gasteiger partial charge in [-0.2, -0.15) is 0 Å². The van der Waals surface area contributed by atoms with Crippen LogP contribution in [0.15, 0.2) is 24.3 Å². The van der Waals surface area contributed by atoms with Crippen LogP contribution in [0, 0.1) is 0 Å². The Bertz CT molecular complexity index is 353. The molecule has 0 bridgehead atoms. The number of halogens is 1. The lowest BCUT2D eigenvalue weighted by Crippen LogP contribution is -2.19. The topological polar surface area (TPSA) is 83.6 Å². The Morgan fingerprint density at radius 3 is 2.31 bits per heavy atom. The van der Waals surface area contributed by atoms with Crippen molar-refractivity contribution >= 4 is 21.8 Å². The molecule has 0 radical (unpaired) electrons. The molecule has 1 aromatic rings. The predicted molar refractivity (Wildman–Crippen MR) is 64.3 cm³/mol. The molecule has 0 aliphatic heterocycles. The van der Waals surface area contributed by atoms with Crippen molar-refractivity contribution in [3.05, 3.63) is 35.4 Å². The molecule has 5 heteroatoms. The maximum atomic E-state index is 10.8. The Morgan fingerprint density at radius 1 is 1.31 bits per heavy atom. The molecule has 16 heavy (non-hydrogen) atoms. The van der Waals surface area contributed by atoms with Crippen LogP contribution < -0.4 is 5.73 Å². The number of hydrogen-bond donors (Lipinski definition) is 3. The largest absolute Gasteiger partial charge is 0.390 e. The summed E-state index contributed by atoms with van der Waals surface area (Å²) in [6.07, 6.45) is -1.31. The average Bonchev–Trinajstić information content (AvgIpc) is 2.28. The number of carbonyl (C=O) groups is 1. The second-order valence-corrected chi connectivity index (χ2v) is 4.27. The SMILES string of the molecule is NC(=O)c1ccc(C(O)C(O)CCBr)cc1. The molecule has 0 spiro atoms. The minimum absolute atomic E-state index is 0.380. The van der Waals surface area contributed by atoms with Gasteiger partial charge in [-0.1, -0.05) is 28.1 Å². The van der Waals surface area contributed by atoms with Gasteiger partial charge in [0.15, 0.2) is 0 Å². The maximum Gasteiger partial charge on any atom is 0.248 e. The number of hydrogen-bond acceptors (Lipinski definition) is 3. The van der Waals surface area contributed by atoms with Gasteiger partial charge >= 0.3 is 0 Å². The van der Waals surface area contributed by atoms with E-state index in [0.29, 0.717) is 22.9 Å². The number of amides is 1. The monoisotopic (exact) mass is 287 g/mol. The Labute approximate surface area is 102 Å². The van der Waals surface area contributed by atoms with Gasteiger partial charge in [0, 0.05) is 10.9 Å². The van der Waals surface area contributed by atoms with E-state index < -0.39 is 18.1 Å². The Kier molecular flexibility index (Phi) is 4.92. The first-order chi connectivity index (χ1) is 7.56. The third-order valence-electron chi connectivity index (χ3n) is 2.31. The van der Waals surface area contributed by atoms with Gasteiger partial charge in [-0.15, -0.1) is 0 Å². The fraction of sp³-hybridized carbons (Fsp3) is 0.364. The van der Waals surface area contributed by atoms with E-state index in [1.54, 1.807) is 12.1 Å². The van der Waals surface area contributed by atoms with Gasteiger partial charge in [-0.3, -0.25) is 4.79 Å². The zero-order chi connectivity index (χ0) is 12.1. The number of nitrogens with two attached hydrogens (primary N) is 1. The third-order valence-corrected chi connectivity index (χ3v) is 2.76. The highest BCUT2D eigenvalue weighted by Gasteiger charge is 2.17. The Hall–Kier alpha value is -0.910. The summed E-state index contributed by atoms with van der Waals surface area (Å²) >= 11 is 3.19. The second-order valence-electron chi connectivity index (χ2n) is 3.48. The van der Waals surface area contributed by atoms with Gasteiger partial charge in [-0.05, 0) is 24.1 Å². The molecule has 0 aromatic heterocycles. The summed E-state index contributed by atoms with van der Waals surface area (Å²) in [4.78, 5) is 10.8. The number of rotatable bonds is 5. The minimum atomic E-state index is -0.945. The van der Waals surface area contributed by atoms with Gasteiger partial charge in [0.2, 0.25) is 5.91 Å². The van der Waals surface area contributed by atoms with E-state index >= 15 is 0 Å². The molecule has 0 aliphatic carbocycles.